The number of ether oxygens (including phenoxy) is 1. The minimum atomic E-state index is -0.825. The van der Waals surface area contributed by atoms with Gasteiger partial charge in [0.05, 0.1) is 0 Å². The topological polar surface area (TPSA) is 87.7 Å². The van der Waals surface area contributed by atoms with Crippen LogP contribution in [0.15, 0.2) is 30.8 Å². The first-order valence-electron chi connectivity index (χ1n) is 11.8. The van der Waals surface area contributed by atoms with Gasteiger partial charge < -0.3 is 20.3 Å². The van der Waals surface area contributed by atoms with Crippen LogP contribution in [0.2, 0.25) is 0 Å². The second kappa shape index (κ2) is 13.7. The predicted molar refractivity (Wildman–Crippen MR) is 133 cm³/mol. The Morgan fingerprint density at radius 2 is 1.85 bits per heavy atom. The van der Waals surface area contributed by atoms with Gasteiger partial charge in [-0.05, 0) is 57.7 Å². The molecule has 0 fully saturated rings. The van der Waals surface area contributed by atoms with Crippen molar-refractivity contribution in [2.24, 2.45) is 0 Å². The van der Waals surface area contributed by atoms with Crippen LogP contribution in [-0.2, 0) is 14.3 Å². The van der Waals surface area contributed by atoms with Crippen LogP contribution in [0, 0.1) is 0 Å². The van der Waals surface area contributed by atoms with Crippen molar-refractivity contribution in [2.45, 2.75) is 84.9 Å². The van der Waals surface area contributed by atoms with E-state index in [1.165, 1.54) is 0 Å². The molecule has 0 aliphatic heterocycles. The molecule has 0 spiro atoms. The Balaban J connectivity index is 3.22. The van der Waals surface area contributed by atoms with E-state index in [1.807, 2.05) is 38.1 Å². The summed E-state index contributed by atoms with van der Waals surface area (Å²) in [5.41, 5.74) is 0.890. The van der Waals surface area contributed by atoms with Crippen molar-refractivity contribution in [3.05, 3.63) is 42.0 Å². The number of benzene rings is 1. The quantitative estimate of drug-likeness (QED) is 0.438. The summed E-state index contributed by atoms with van der Waals surface area (Å²) in [4.78, 5) is 40.3. The Bertz CT molecular complexity index is 801. The maximum absolute atomic E-state index is 13.4. The molecule has 1 aromatic carbocycles. The Morgan fingerprint density at radius 3 is 2.42 bits per heavy atom. The highest BCUT2D eigenvalue weighted by Gasteiger charge is 2.34. The second-order valence-corrected chi connectivity index (χ2v) is 9.19. The third-order valence-corrected chi connectivity index (χ3v) is 5.20. The van der Waals surface area contributed by atoms with Gasteiger partial charge in [-0.2, -0.15) is 0 Å². The molecular formula is C26H41N3O4. The fraction of sp³-hybridized carbons (Fsp3) is 0.577. The van der Waals surface area contributed by atoms with E-state index in [2.05, 4.69) is 24.1 Å². The molecule has 0 aromatic heterocycles. The van der Waals surface area contributed by atoms with E-state index in [9.17, 15) is 14.4 Å². The molecule has 0 aliphatic carbocycles. The third kappa shape index (κ3) is 9.68. The Labute approximate surface area is 198 Å². The smallest absolute Gasteiger partial charge is 0.408 e. The zero-order chi connectivity index (χ0) is 25.0. The molecule has 1 rings (SSSR count). The van der Waals surface area contributed by atoms with Gasteiger partial charge in [0.1, 0.15) is 18.2 Å². The van der Waals surface area contributed by atoms with Crippen molar-refractivity contribution in [1.82, 2.24) is 15.5 Å². The van der Waals surface area contributed by atoms with E-state index in [4.69, 9.17) is 4.74 Å². The van der Waals surface area contributed by atoms with Crippen molar-refractivity contribution in [3.8, 4) is 0 Å². The lowest BCUT2D eigenvalue weighted by Crippen LogP contribution is -2.51. The molecular weight excluding hydrogens is 418 g/mol. The van der Waals surface area contributed by atoms with Gasteiger partial charge in [-0.1, -0.05) is 57.5 Å². The average Bonchev–Trinajstić information content (AvgIpc) is 2.76. The molecule has 1 aromatic rings. The number of nitrogens with zero attached hydrogens (tertiary/aromatic N) is 1. The van der Waals surface area contributed by atoms with Gasteiger partial charge in [-0.3, -0.25) is 9.59 Å². The van der Waals surface area contributed by atoms with Crippen LogP contribution < -0.4 is 10.6 Å². The second-order valence-electron chi connectivity index (χ2n) is 9.19. The summed E-state index contributed by atoms with van der Waals surface area (Å²) in [5.74, 6) is -0.592. The van der Waals surface area contributed by atoms with Gasteiger partial charge in [-0.25, -0.2) is 4.79 Å². The fourth-order valence-corrected chi connectivity index (χ4v) is 3.37. The largest absolute Gasteiger partial charge is 0.444 e. The van der Waals surface area contributed by atoms with Crippen molar-refractivity contribution >= 4 is 24.0 Å². The average molecular weight is 460 g/mol. The first-order chi connectivity index (χ1) is 15.5. The van der Waals surface area contributed by atoms with Crippen molar-refractivity contribution in [1.29, 1.82) is 0 Å². The molecule has 33 heavy (non-hydrogen) atoms. The number of alkyl carbamates (subject to hydrolysis) is 1. The van der Waals surface area contributed by atoms with E-state index >= 15 is 0 Å². The highest BCUT2D eigenvalue weighted by molar-refractivity contribution is 5.90. The molecule has 3 amide bonds. The maximum atomic E-state index is 13.4. The molecule has 0 heterocycles. The highest BCUT2D eigenvalue weighted by atomic mass is 16.6. The zero-order valence-corrected chi connectivity index (χ0v) is 21.1. The lowest BCUT2D eigenvalue weighted by atomic mass is 9.99. The van der Waals surface area contributed by atoms with Crippen LogP contribution in [0.4, 0.5) is 4.79 Å². The van der Waals surface area contributed by atoms with E-state index in [-0.39, 0.29) is 24.4 Å². The predicted octanol–water partition coefficient (Wildman–Crippen LogP) is 4.83. The highest BCUT2D eigenvalue weighted by Crippen LogP contribution is 2.26. The van der Waals surface area contributed by atoms with Crippen LogP contribution in [-0.4, -0.2) is 47.5 Å². The molecule has 0 aliphatic rings. The van der Waals surface area contributed by atoms with Crippen LogP contribution in [0.1, 0.15) is 84.4 Å². The Morgan fingerprint density at radius 1 is 1.15 bits per heavy atom. The van der Waals surface area contributed by atoms with Crippen LogP contribution >= 0.6 is 0 Å². The summed E-state index contributed by atoms with van der Waals surface area (Å²) in [6, 6.07) is 6.40. The summed E-state index contributed by atoms with van der Waals surface area (Å²) in [6.07, 6.45) is 4.63. The number of hydrogen-bond acceptors (Lipinski definition) is 4. The van der Waals surface area contributed by atoms with Crippen molar-refractivity contribution in [3.63, 3.8) is 0 Å². The number of amides is 3. The Hall–Kier alpha value is -2.83. The maximum Gasteiger partial charge on any atom is 0.408 e. The van der Waals surface area contributed by atoms with Gasteiger partial charge in [0.15, 0.2) is 0 Å². The summed E-state index contributed by atoms with van der Waals surface area (Å²) >= 11 is 0. The molecule has 0 saturated carbocycles. The van der Waals surface area contributed by atoms with Gasteiger partial charge in [-0.15, -0.1) is 0 Å². The third-order valence-electron chi connectivity index (χ3n) is 5.20. The van der Waals surface area contributed by atoms with Gasteiger partial charge in [0.2, 0.25) is 11.8 Å². The lowest BCUT2D eigenvalue weighted by molar-refractivity contribution is -0.142. The molecule has 2 atom stereocenters. The SMILES string of the molecule is C=Cc1cccc(C(C(=O)NCCCCC)N(C(=O)CNC(=O)OC(C)(C)C)C(C)CC)c1. The van der Waals surface area contributed by atoms with Gasteiger partial charge in [0.25, 0.3) is 0 Å². The number of carbonyl (C=O) groups excluding carboxylic acids is 3. The van der Waals surface area contributed by atoms with E-state index in [0.717, 1.165) is 24.8 Å². The molecule has 2 unspecified atom stereocenters. The minimum Gasteiger partial charge on any atom is -0.444 e. The number of rotatable bonds is 12. The number of nitrogens with one attached hydrogen (secondary N) is 2. The summed E-state index contributed by atoms with van der Waals surface area (Å²) < 4.78 is 5.24. The normalized spacial score (nSPS) is 12.9. The first-order valence-corrected chi connectivity index (χ1v) is 11.8. The van der Waals surface area contributed by atoms with Crippen molar-refractivity contribution in [2.75, 3.05) is 13.1 Å². The summed E-state index contributed by atoms with van der Waals surface area (Å²) in [6.45, 7) is 15.3. The Kier molecular flexibility index (Phi) is 11.7. The van der Waals surface area contributed by atoms with E-state index in [1.54, 1.807) is 31.7 Å². The lowest BCUT2D eigenvalue weighted by Gasteiger charge is -2.36. The first kappa shape index (κ1) is 28.2. The zero-order valence-electron chi connectivity index (χ0n) is 21.1. The molecule has 0 bridgehead atoms. The minimum absolute atomic E-state index is 0.225. The summed E-state index contributed by atoms with van der Waals surface area (Å²) in [5, 5.41) is 5.52. The van der Waals surface area contributed by atoms with Crippen molar-refractivity contribution < 1.29 is 19.1 Å². The van der Waals surface area contributed by atoms with E-state index in [0.29, 0.717) is 18.5 Å². The number of unbranched alkanes of at least 4 members (excludes halogenated alkanes) is 2. The fourth-order valence-electron chi connectivity index (χ4n) is 3.37. The molecule has 0 radical (unpaired) electrons. The van der Waals surface area contributed by atoms with E-state index < -0.39 is 17.7 Å². The molecule has 2 N–H and O–H groups in total. The van der Waals surface area contributed by atoms with Crippen LogP contribution in [0.3, 0.4) is 0 Å². The van der Waals surface area contributed by atoms with Gasteiger partial charge in [0, 0.05) is 12.6 Å². The van der Waals surface area contributed by atoms with Crippen LogP contribution in [0.5, 0.6) is 0 Å². The molecule has 0 saturated heterocycles. The molecule has 184 valence electrons. The van der Waals surface area contributed by atoms with Gasteiger partial charge >= 0.3 is 6.09 Å². The summed E-state index contributed by atoms with van der Waals surface area (Å²) in [7, 11) is 0. The monoisotopic (exact) mass is 459 g/mol. The standard InChI is InChI=1S/C26H41N3O4/c1-8-11-12-16-27-24(31)23(21-15-13-14-20(10-3)17-21)29(19(4)9-2)22(30)18-28-25(32)33-26(5,6)7/h10,13-15,17,19,23H,3,8-9,11-12,16,18H2,1-2,4-7H3,(H,27,31)(H,28,32). The molecule has 7 heteroatoms. The number of hydrogen-bond donors (Lipinski definition) is 2. The number of carbonyl (C=O) groups is 3. The molecule has 7 nitrogen and oxygen atoms in total. The van der Waals surface area contributed by atoms with Crippen LogP contribution in [0.25, 0.3) is 6.08 Å².